The van der Waals surface area contributed by atoms with Crippen molar-refractivity contribution in [2.75, 3.05) is 13.2 Å². The summed E-state index contributed by atoms with van der Waals surface area (Å²) in [7, 11) is 0. The average molecular weight is 397 g/mol. The number of aromatic nitrogens is 2. The van der Waals surface area contributed by atoms with E-state index >= 15 is 0 Å². The van der Waals surface area contributed by atoms with Crippen molar-refractivity contribution in [1.29, 1.82) is 0 Å². The molecule has 28 heavy (non-hydrogen) atoms. The first-order valence-electron chi connectivity index (χ1n) is 9.26. The summed E-state index contributed by atoms with van der Waals surface area (Å²) < 4.78 is 47.7. The lowest BCUT2D eigenvalue weighted by molar-refractivity contribution is -0.159. The quantitative estimate of drug-likeness (QED) is 0.705. The summed E-state index contributed by atoms with van der Waals surface area (Å²) in [5.41, 5.74) is 1.28. The van der Waals surface area contributed by atoms with E-state index in [-0.39, 0.29) is 17.8 Å². The molecule has 2 aromatic rings. The van der Waals surface area contributed by atoms with Crippen LogP contribution in [0.4, 0.5) is 13.2 Å². The zero-order valence-corrected chi connectivity index (χ0v) is 15.5. The molecule has 1 aromatic heterocycles. The van der Waals surface area contributed by atoms with E-state index in [1.165, 1.54) is 0 Å². The van der Waals surface area contributed by atoms with Gasteiger partial charge < -0.3 is 14.2 Å². The summed E-state index contributed by atoms with van der Waals surface area (Å²) in [4.78, 5) is 17.6. The summed E-state index contributed by atoms with van der Waals surface area (Å²) in [6, 6.07) is 6.74. The van der Waals surface area contributed by atoms with Crippen molar-refractivity contribution in [2.45, 2.75) is 51.4 Å². The number of amides is 1. The van der Waals surface area contributed by atoms with E-state index in [0.717, 1.165) is 31.4 Å². The molecule has 0 saturated carbocycles. The van der Waals surface area contributed by atoms with Gasteiger partial charge in [-0.2, -0.15) is 18.2 Å². The fourth-order valence-electron chi connectivity index (χ4n) is 3.10. The van der Waals surface area contributed by atoms with E-state index in [2.05, 4.69) is 14.7 Å². The normalized spacial score (nSPS) is 17.1. The molecular formula is C19H22F3N3O3. The van der Waals surface area contributed by atoms with Crippen LogP contribution in [0, 0.1) is 0 Å². The van der Waals surface area contributed by atoms with Crippen molar-refractivity contribution in [3.63, 3.8) is 0 Å². The van der Waals surface area contributed by atoms with Crippen LogP contribution >= 0.6 is 0 Å². The number of hydrogen-bond acceptors (Lipinski definition) is 5. The second-order valence-corrected chi connectivity index (χ2v) is 6.78. The molecule has 1 fully saturated rings. The largest absolute Gasteiger partial charge is 0.471 e. The van der Waals surface area contributed by atoms with Gasteiger partial charge in [-0.1, -0.05) is 36.3 Å². The van der Waals surface area contributed by atoms with Crippen molar-refractivity contribution < 1.29 is 27.2 Å². The highest BCUT2D eigenvalue weighted by Gasteiger charge is 2.38. The monoisotopic (exact) mass is 397 g/mol. The maximum atomic E-state index is 12.6. The fraction of sp³-hybridized carbons (Fsp3) is 0.526. The van der Waals surface area contributed by atoms with Crippen molar-refractivity contribution in [2.24, 2.45) is 0 Å². The highest BCUT2D eigenvalue weighted by Crippen LogP contribution is 2.29. The molecule has 1 aliphatic rings. The molecule has 3 rings (SSSR count). The number of halogens is 3. The molecule has 1 amide bonds. The molecule has 0 spiro atoms. The van der Waals surface area contributed by atoms with Gasteiger partial charge in [0.25, 0.3) is 0 Å². The Bertz CT molecular complexity index is 784. The minimum atomic E-state index is -4.67. The minimum Gasteiger partial charge on any atom is -0.376 e. The van der Waals surface area contributed by atoms with Gasteiger partial charge in [0.05, 0.1) is 6.10 Å². The Hall–Kier alpha value is -2.42. The van der Waals surface area contributed by atoms with E-state index in [4.69, 9.17) is 4.74 Å². The van der Waals surface area contributed by atoms with Gasteiger partial charge in [0.1, 0.15) is 0 Å². The Kier molecular flexibility index (Phi) is 6.33. The lowest BCUT2D eigenvalue weighted by Crippen LogP contribution is -2.36. The van der Waals surface area contributed by atoms with E-state index in [1.807, 2.05) is 6.92 Å². The van der Waals surface area contributed by atoms with Crippen LogP contribution in [0.5, 0.6) is 0 Å². The molecule has 0 radical (unpaired) electrons. The van der Waals surface area contributed by atoms with Gasteiger partial charge in [0.2, 0.25) is 11.7 Å². The number of alkyl halides is 3. The highest BCUT2D eigenvalue weighted by atomic mass is 19.4. The van der Waals surface area contributed by atoms with Gasteiger partial charge in [-0.25, -0.2) is 0 Å². The van der Waals surface area contributed by atoms with Gasteiger partial charge in [-0.15, -0.1) is 0 Å². The molecule has 0 aliphatic carbocycles. The summed E-state index contributed by atoms with van der Waals surface area (Å²) in [5, 5.41) is 3.38. The third kappa shape index (κ3) is 5.09. The Morgan fingerprint density at radius 2 is 2.04 bits per heavy atom. The zero-order valence-electron chi connectivity index (χ0n) is 15.5. The van der Waals surface area contributed by atoms with E-state index < -0.39 is 12.1 Å². The maximum absolute atomic E-state index is 12.6. The third-order valence-corrected chi connectivity index (χ3v) is 4.52. The lowest BCUT2D eigenvalue weighted by Gasteiger charge is -2.25. The highest BCUT2D eigenvalue weighted by molar-refractivity contribution is 5.76. The fourth-order valence-corrected chi connectivity index (χ4v) is 3.10. The van der Waals surface area contributed by atoms with E-state index in [0.29, 0.717) is 25.1 Å². The minimum absolute atomic E-state index is 0.0557. The van der Waals surface area contributed by atoms with Crippen molar-refractivity contribution in [3.8, 4) is 11.4 Å². The molecule has 1 atom stereocenters. The molecule has 0 N–H and O–H groups in total. The van der Waals surface area contributed by atoms with Crippen LogP contribution in [-0.4, -0.2) is 40.2 Å². The Balaban J connectivity index is 1.69. The topological polar surface area (TPSA) is 68.5 Å². The predicted octanol–water partition coefficient (Wildman–Crippen LogP) is 4.06. The van der Waals surface area contributed by atoms with Crippen molar-refractivity contribution >= 4 is 5.91 Å². The molecule has 1 unspecified atom stereocenters. The summed E-state index contributed by atoms with van der Waals surface area (Å²) in [5.74, 6) is -1.44. The standard InChI is InChI=1S/C19H22F3N3O3/c1-2-4-16(26)25(12-15-5-3-10-27-15)11-13-6-8-14(9-7-13)17-23-18(28-24-17)19(20,21)22/h6-9,15H,2-5,10-12H2,1H3. The molecule has 6 nitrogen and oxygen atoms in total. The zero-order chi connectivity index (χ0) is 20.1. The lowest BCUT2D eigenvalue weighted by atomic mass is 10.1. The number of benzene rings is 1. The molecule has 152 valence electrons. The van der Waals surface area contributed by atoms with Crippen LogP contribution in [0.2, 0.25) is 0 Å². The summed E-state index contributed by atoms with van der Waals surface area (Å²) in [6.45, 7) is 3.64. The van der Waals surface area contributed by atoms with E-state index in [9.17, 15) is 18.0 Å². The van der Waals surface area contributed by atoms with Gasteiger partial charge >= 0.3 is 12.1 Å². The Morgan fingerprint density at radius 1 is 1.29 bits per heavy atom. The molecule has 9 heteroatoms. The first-order valence-corrected chi connectivity index (χ1v) is 9.26. The van der Waals surface area contributed by atoms with Gasteiger partial charge in [-0.3, -0.25) is 4.79 Å². The number of rotatable bonds is 7. The second-order valence-electron chi connectivity index (χ2n) is 6.78. The van der Waals surface area contributed by atoms with Crippen LogP contribution < -0.4 is 0 Å². The molecular weight excluding hydrogens is 375 g/mol. The van der Waals surface area contributed by atoms with Gasteiger partial charge in [-0.05, 0) is 24.8 Å². The molecule has 2 heterocycles. The van der Waals surface area contributed by atoms with Crippen LogP contribution in [0.25, 0.3) is 11.4 Å². The number of ether oxygens (including phenoxy) is 1. The number of hydrogen-bond donors (Lipinski definition) is 0. The number of carbonyl (C=O) groups excluding carboxylic acids is 1. The molecule has 1 aliphatic heterocycles. The SMILES string of the molecule is CCCC(=O)N(Cc1ccc(-c2noc(C(F)(F)F)n2)cc1)CC1CCCO1. The Morgan fingerprint density at radius 3 is 2.61 bits per heavy atom. The molecule has 0 bridgehead atoms. The number of nitrogens with zero attached hydrogens (tertiary/aromatic N) is 3. The number of carbonyl (C=O) groups is 1. The van der Waals surface area contributed by atoms with E-state index in [1.54, 1.807) is 29.2 Å². The van der Waals surface area contributed by atoms with Crippen molar-refractivity contribution in [1.82, 2.24) is 15.0 Å². The molecule has 1 aromatic carbocycles. The van der Waals surface area contributed by atoms with Crippen LogP contribution in [0.3, 0.4) is 0 Å². The van der Waals surface area contributed by atoms with Gasteiger partial charge in [0.15, 0.2) is 0 Å². The second kappa shape index (κ2) is 8.72. The summed E-state index contributed by atoms with van der Waals surface area (Å²) in [6.07, 6.45) is -1.45. The van der Waals surface area contributed by atoms with Crippen LogP contribution in [0.1, 0.15) is 44.1 Å². The van der Waals surface area contributed by atoms with Gasteiger partial charge in [0, 0.05) is 31.7 Å². The summed E-state index contributed by atoms with van der Waals surface area (Å²) >= 11 is 0. The van der Waals surface area contributed by atoms with Crippen LogP contribution in [0.15, 0.2) is 28.8 Å². The molecule has 1 saturated heterocycles. The average Bonchev–Trinajstić information content (AvgIpc) is 3.33. The first kappa shape index (κ1) is 20.3. The maximum Gasteiger partial charge on any atom is 0.471 e. The first-order chi connectivity index (χ1) is 13.4. The third-order valence-electron chi connectivity index (χ3n) is 4.52. The van der Waals surface area contributed by atoms with Crippen molar-refractivity contribution in [3.05, 3.63) is 35.7 Å². The van der Waals surface area contributed by atoms with Crippen LogP contribution in [-0.2, 0) is 22.3 Å². The Labute approximate surface area is 160 Å². The predicted molar refractivity (Wildman–Crippen MR) is 94.0 cm³/mol. The smallest absolute Gasteiger partial charge is 0.376 e.